The zero-order valence-corrected chi connectivity index (χ0v) is 12.3. The molecule has 1 nitrogen and oxygen atoms in total. The lowest BCUT2D eigenvalue weighted by molar-refractivity contribution is 0.240. The van der Waals surface area contributed by atoms with Gasteiger partial charge in [-0.05, 0) is 24.1 Å². The van der Waals surface area contributed by atoms with E-state index in [1.54, 1.807) is 6.07 Å². The van der Waals surface area contributed by atoms with Crippen molar-refractivity contribution in [3.63, 3.8) is 0 Å². The van der Waals surface area contributed by atoms with E-state index in [4.69, 9.17) is 16.3 Å². The van der Waals surface area contributed by atoms with E-state index in [2.05, 4.69) is 25.7 Å². The Hall–Kier alpha value is -1.20. The summed E-state index contributed by atoms with van der Waals surface area (Å²) >= 11 is 5.57. The summed E-state index contributed by atoms with van der Waals surface area (Å²) in [6, 6.07) is 4.45. The van der Waals surface area contributed by atoms with Gasteiger partial charge in [-0.3, -0.25) is 0 Å². The van der Waals surface area contributed by atoms with E-state index in [9.17, 15) is 4.39 Å². The van der Waals surface area contributed by atoms with E-state index >= 15 is 0 Å². The van der Waals surface area contributed by atoms with Gasteiger partial charge in [0, 0.05) is 12.3 Å². The van der Waals surface area contributed by atoms with Gasteiger partial charge in [-0.1, -0.05) is 38.5 Å². The van der Waals surface area contributed by atoms with E-state index in [1.807, 2.05) is 0 Å². The smallest absolute Gasteiger partial charge is 0.135 e. The molecule has 0 N–H and O–H groups in total. The molecule has 0 unspecified atom stereocenters. The number of rotatable bonds is 6. The zero-order chi connectivity index (χ0) is 14.1. The van der Waals surface area contributed by atoms with Gasteiger partial charge >= 0.3 is 0 Å². The van der Waals surface area contributed by atoms with Crippen molar-refractivity contribution >= 4 is 11.6 Å². The highest BCUT2D eigenvalue weighted by Crippen LogP contribution is 2.20. The summed E-state index contributed by atoms with van der Waals surface area (Å²) in [7, 11) is 0. The third kappa shape index (κ3) is 5.53. The van der Waals surface area contributed by atoms with E-state index in [-0.39, 0.29) is 5.82 Å². The van der Waals surface area contributed by atoms with Gasteiger partial charge in [0.1, 0.15) is 11.6 Å². The number of hydrogen-bond acceptors (Lipinski definition) is 1. The largest absolute Gasteiger partial charge is 0.492 e. The molecule has 0 aliphatic rings. The van der Waals surface area contributed by atoms with Crippen LogP contribution in [0.3, 0.4) is 0 Å². The lowest BCUT2D eigenvalue weighted by Gasteiger charge is -2.14. The average molecular weight is 283 g/mol. The Kier molecular flexibility index (Phi) is 7.36. The minimum Gasteiger partial charge on any atom is -0.492 e. The van der Waals surface area contributed by atoms with Crippen molar-refractivity contribution < 1.29 is 9.13 Å². The van der Waals surface area contributed by atoms with E-state index in [1.165, 1.54) is 12.1 Å². The van der Waals surface area contributed by atoms with Crippen LogP contribution in [0, 0.1) is 23.6 Å². The van der Waals surface area contributed by atoms with Crippen molar-refractivity contribution in [1.29, 1.82) is 0 Å². The van der Waals surface area contributed by atoms with E-state index in [0.29, 0.717) is 36.1 Å². The molecule has 1 aromatic rings. The fourth-order valence-corrected chi connectivity index (χ4v) is 1.76. The third-order valence-electron chi connectivity index (χ3n) is 3.01. The minimum absolute atomic E-state index is 0.301. The molecule has 0 atom stereocenters. The molecule has 0 saturated carbocycles. The Labute approximate surface area is 120 Å². The van der Waals surface area contributed by atoms with Crippen LogP contribution in [-0.2, 0) is 0 Å². The normalized spacial score (nSPS) is 10.2. The molecule has 0 bridgehead atoms. The second kappa shape index (κ2) is 8.82. The summed E-state index contributed by atoms with van der Waals surface area (Å²) in [5, 5.41) is 0. The maximum atomic E-state index is 13.2. The van der Waals surface area contributed by atoms with Gasteiger partial charge in [-0.25, -0.2) is 4.39 Å². The van der Waals surface area contributed by atoms with Crippen LogP contribution in [0.2, 0.25) is 0 Å². The van der Waals surface area contributed by atoms with Crippen LogP contribution in [0.25, 0.3) is 0 Å². The van der Waals surface area contributed by atoms with Crippen molar-refractivity contribution in [2.24, 2.45) is 5.92 Å². The molecular weight excluding hydrogens is 263 g/mol. The third-order valence-corrected chi connectivity index (χ3v) is 3.20. The second-order valence-corrected chi connectivity index (χ2v) is 4.75. The van der Waals surface area contributed by atoms with Crippen LogP contribution in [0.1, 0.15) is 38.7 Å². The molecule has 0 radical (unpaired) electrons. The molecule has 1 aromatic carbocycles. The Morgan fingerprint density at radius 2 is 2.05 bits per heavy atom. The van der Waals surface area contributed by atoms with Gasteiger partial charge in [0.25, 0.3) is 0 Å². The van der Waals surface area contributed by atoms with Gasteiger partial charge in [-0.15, -0.1) is 11.6 Å². The number of hydrogen-bond donors (Lipinski definition) is 0. The summed E-state index contributed by atoms with van der Waals surface area (Å²) in [5.41, 5.74) is 0.594. The quantitative estimate of drug-likeness (QED) is 0.546. The second-order valence-electron chi connectivity index (χ2n) is 4.37. The Bertz CT molecular complexity index is 444. The lowest BCUT2D eigenvalue weighted by Crippen LogP contribution is -2.10. The first-order valence-corrected chi connectivity index (χ1v) is 7.21. The highest BCUT2D eigenvalue weighted by molar-refractivity contribution is 6.18. The Balaban J connectivity index is 2.79. The standard InChI is InChI=1S/C16H20ClFO/c1-3-13(4-2)12-19-16-9-8-15(18)11-14(16)7-5-6-10-17/h8-9,11,13H,3-4,6,10,12H2,1-2H3. The van der Waals surface area contributed by atoms with E-state index < -0.39 is 0 Å². The number of halogens is 2. The topological polar surface area (TPSA) is 9.23 Å². The molecule has 0 saturated heterocycles. The summed E-state index contributed by atoms with van der Waals surface area (Å²) in [4.78, 5) is 0. The van der Waals surface area contributed by atoms with Crippen LogP contribution >= 0.6 is 11.6 Å². The molecule has 0 fully saturated rings. The Morgan fingerprint density at radius 1 is 1.32 bits per heavy atom. The van der Waals surface area contributed by atoms with Gasteiger partial charge in [0.05, 0.1) is 12.2 Å². The monoisotopic (exact) mass is 282 g/mol. The van der Waals surface area contributed by atoms with Crippen molar-refractivity contribution in [3.05, 3.63) is 29.6 Å². The molecule has 0 amide bonds. The van der Waals surface area contributed by atoms with Crippen LogP contribution in [0.5, 0.6) is 5.75 Å². The molecule has 0 aliphatic heterocycles. The molecule has 0 heterocycles. The van der Waals surface area contributed by atoms with Crippen molar-refractivity contribution in [2.45, 2.75) is 33.1 Å². The molecule has 1 rings (SSSR count). The zero-order valence-electron chi connectivity index (χ0n) is 11.5. The maximum Gasteiger partial charge on any atom is 0.135 e. The van der Waals surface area contributed by atoms with Crippen LogP contribution in [-0.4, -0.2) is 12.5 Å². The van der Waals surface area contributed by atoms with Crippen LogP contribution in [0.15, 0.2) is 18.2 Å². The fourth-order valence-electron chi connectivity index (χ4n) is 1.66. The van der Waals surface area contributed by atoms with Crippen molar-refractivity contribution in [3.8, 4) is 17.6 Å². The molecule has 104 valence electrons. The Morgan fingerprint density at radius 3 is 2.68 bits per heavy atom. The SMILES string of the molecule is CCC(CC)COc1ccc(F)cc1C#CCCCl. The number of benzene rings is 1. The van der Waals surface area contributed by atoms with Crippen LogP contribution < -0.4 is 4.74 Å². The first-order chi connectivity index (χ1) is 9.21. The summed E-state index contributed by atoms with van der Waals surface area (Å²) in [6.07, 6.45) is 2.74. The van der Waals surface area contributed by atoms with E-state index in [0.717, 1.165) is 12.8 Å². The van der Waals surface area contributed by atoms with Crippen molar-refractivity contribution in [2.75, 3.05) is 12.5 Å². The van der Waals surface area contributed by atoms with Gasteiger partial charge in [0.15, 0.2) is 0 Å². The predicted molar refractivity (Wildman–Crippen MR) is 78.2 cm³/mol. The lowest BCUT2D eigenvalue weighted by atomic mass is 10.1. The van der Waals surface area contributed by atoms with Gasteiger partial charge < -0.3 is 4.74 Å². The molecule has 3 heteroatoms. The molecule has 0 aliphatic carbocycles. The predicted octanol–water partition coefficient (Wildman–Crippen LogP) is 4.62. The highest BCUT2D eigenvalue weighted by Gasteiger charge is 2.07. The number of ether oxygens (including phenoxy) is 1. The van der Waals surface area contributed by atoms with Gasteiger partial charge in [0.2, 0.25) is 0 Å². The molecule has 0 spiro atoms. The average Bonchev–Trinajstić information content (AvgIpc) is 2.42. The number of alkyl halides is 1. The highest BCUT2D eigenvalue weighted by atomic mass is 35.5. The maximum absolute atomic E-state index is 13.2. The molecular formula is C16H20ClFO. The van der Waals surface area contributed by atoms with Gasteiger partial charge in [-0.2, -0.15) is 0 Å². The summed E-state index contributed by atoms with van der Waals surface area (Å²) < 4.78 is 19.0. The molecule has 19 heavy (non-hydrogen) atoms. The first kappa shape index (κ1) is 15.9. The summed E-state index contributed by atoms with van der Waals surface area (Å²) in [6.45, 7) is 4.93. The first-order valence-electron chi connectivity index (χ1n) is 6.68. The van der Waals surface area contributed by atoms with Crippen LogP contribution in [0.4, 0.5) is 4.39 Å². The molecule has 0 aromatic heterocycles. The summed E-state index contributed by atoms with van der Waals surface area (Å²) in [5.74, 6) is 7.17. The minimum atomic E-state index is -0.301. The fraction of sp³-hybridized carbons (Fsp3) is 0.500. The van der Waals surface area contributed by atoms with Crippen molar-refractivity contribution in [1.82, 2.24) is 0 Å².